The minimum atomic E-state index is -0.407. The third-order valence-electron chi connectivity index (χ3n) is 3.33. The molecular formula is C15H19ClN6O2S. The van der Waals surface area contributed by atoms with Crippen molar-refractivity contribution >= 4 is 41.0 Å². The normalized spacial score (nSPS) is 12.0. The standard InChI is InChI=1S/C15H19ClN6O2S/c1-3-22-13(7-5-11(17)23)20-21-15(22)25-9(2)14(24)19-12-6-4-10(16)8-18-12/h4,6,8-9H,3,5,7H2,1-2H3,(H2,17,23)(H,18,19,24)/t9-/m1/s1. The average Bonchev–Trinajstić information content (AvgIpc) is 2.96. The molecule has 8 nitrogen and oxygen atoms in total. The maximum Gasteiger partial charge on any atom is 0.238 e. The molecule has 0 aliphatic carbocycles. The van der Waals surface area contributed by atoms with Crippen LogP contribution in [-0.2, 0) is 22.6 Å². The van der Waals surface area contributed by atoms with Gasteiger partial charge in [0.05, 0.1) is 10.3 Å². The molecule has 1 atom stereocenters. The lowest BCUT2D eigenvalue weighted by Crippen LogP contribution is -2.23. The summed E-state index contributed by atoms with van der Waals surface area (Å²) in [5, 5.41) is 11.6. The number of rotatable bonds is 8. The van der Waals surface area contributed by atoms with Crippen LogP contribution in [0, 0.1) is 0 Å². The van der Waals surface area contributed by atoms with Gasteiger partial charge in [0.2, 0.25) is 11.8 Å². The molecule has 0 fully saturated rings. The molecule has 0 radical (unpaired) electrons. The molecule has 2 aromatic heterocycles. The lowest BCUT2D eigenvalue weighted by Gasteiger charge is -2.12. The fraction of sp³-hybridized carbons (Fsp3) is 0.400. The second-order valence-corrected chi connectivity index (χ2v) is 6.96. The van der Waals surface area contributed by atoms with Crippen molar-refractivity contribution in [1.29, 1.82) is 0 Å². The van der Waals surface area contributed by atoms with E-state index in [4.69, 9.17) is 17.3 Å². The first-order chi connectivity index (χ1) is 11.9. The largest absolute Gasteiger partial charge is 0.370 e. The van der Waals surface area contributed by atoms with Gasteiger partial charge in [0.15, 0.2) is 5.16 Å². The summed E-state index contributed by atoms with van der Waals surface area (Å²) in [5.41, 5.74) is 5.17. The van der Waals surface area contributed by atoms with Crippen molar-refractivity contribution in [2.24, 2.45) is 5.73 Å². The number of pyridine rings is 1. The van der Waals surface area contributed by atoms with E-state index in [0.717, 1.165) is 0 Å². The van der Waals surface area contributed by atoms with Crippen LogP contribution in [0.3, 0.4) is 0 Å². The molecule has 0 saturated heterocycles. The van der Waals surface area contributed by atoms with Gasteiger partial charge in [-0.05, 0) is 26.0 Å². The predicted molar refractivity (Wildman–Crippen MR) is 96.4 cm³/mol. The van der Waals surface area contributed by atoms with Crippen molar-refractivity contribution in [3.8, 4) is 0 Å². The number of hydrogen-bond donors (Lipinski definition) is 2. The Morgan fingerprint density at radius 1 is 1.40 bits per heavy atom. The van der Waals surface area contributed by atoms with E-state index in [2.05, 4.69) is 20.5 Å². The van der Waals surface area contributed by atoms with Gasteiger partial charge in [-0.25, -0.2) is 4.98 Å². The summed E-state index contributed by atoms with van der Waals surface area (Å²) >= 11 is 7.06. The molecule has 134 valence electrons. The number of nitrogens with two attached hydrogens (primary N) is 1. The molecule has 0 unspecified atom stereocenters. The Bertz CT molecular complexity index is 749. The molecule has 0 aliphatic heterocycles. The molecule has 0 spiro atoms. The summed E-state index contributed by atoms with van der Waals surface area (Å²) in [5.74, 6) is 0.518. The monoisotopic (exact) mass is 382 g/mol. The SMILES string of the molecule is CCn1c(CCC(N)=O)nnc1S[C@H](C)C(=O)Nc1ccc(Cl)cn1. The Morgan fingerprint density at radius 2 is 2.16 bits per heavy atom. The van der Waals surface area contributed by atoms with Crippen LogP contribution in [0.4, 0.5) is 5.82 Å². The number of aromatic nitrogens is 4. The molecule has 25 heavy (non-hydrogen) atoms. The zero-order chi connectivity index (χ0) is 18.4. The highest BCUT2D eigenvalue weighted by Gasteiger charge is 2.20. The van der Waals surface area contributed by atoms with Gasteiger partial charge >= 0.3 is 0 Å². The minimum Gasteiger partial charge on any atom is -0.370 e. The van der Waals surface area contributed by atoms with Gasteiger partial charge in [0, 0.05) is 25.6 Å². The molecule has 0 aliphatic rings. The van der Waals surface area contributed by atoms with Crippen molar-refractivity contribution in [2.75, 3.05) is 5.32 Å². The summed E-state index contributed by atoms with van der Waals surface area (Å²) < 4.78 is 1.87. The molecule has 0 saturated carbocycles. The third-order valence-corrected chi connectivity index (χ3v) is 4.64. The molecular weight excluding hydrogens is 364 g/mol. The van der Waals surface area contributed by atoms with Gasteiger partial charge in [-0.15, -0.1) is 10.2 Å². The van der Waals surface area contributed by atoms with Gasteiger partial charge in [0.25, 0.3) is 0 Å². The number of carbonyl (C=O) groups is 2. The highest BCUT2D eigenvalue weighted by Crippen LogP contribution is 2.23. The maximum atomic E-state index is 12.3. The molecule has 2 aromatic rings. The van der Waals surface area contributed by atoms with E-state index in [1.807, 2.05) is 11.5 Å². The van der Waals surface area contributed by atoms with Gasteiger partial charge in [-0.2, -0.15) is 0 Å². The number of thioether (sulfide) groups is 1. The lowest BCUT2D eigenvalue weighted by atomic mass is 10.3. The van der Waals surface area contributed by atoms with Crippen LogP contribution in [0.5, 0.6) is 0 Å². The second-order valence-electron chi connectivity index (χ2n) is 5.22. The first-order valence-electron chi connectivity index (χ1n) is 7.70. The topological polar surface area (TPSA) is 116 Å². The molecule has 2 rings (SSSR count). The zero-order valence-corrected chi connectivity index (χ0v) is 15.5. The number of nitrogens with one attached hydrogen (secondary N) is 1. The van der Waals surface area contributed by atoms with Gasteiger partial charge < -0.3 is 15.6 Å². The Labute approximate surface area is 154 Å². The average molecular weight is 383 g/mol. The molecule has 0 aromatic carbocycles. The molecule has 3 N–H and O–H groups in total. The van der Waals surface area contributed by atoms with Crippen molar-refractivity contribution in [3.05, 3.63) is 29.2 Å². The quantitative estimate of drug-likeness (QED) is 0.673. The first kappa shape index (κ1) is 19.2. The zero-order valence-electron chi connectivity index (χ0n) is 13.9. The molecule has 0 bridgehead atoms. The van der Waals surface area contributed by atoms with Crippen molar-refractivity contribution in [1.82, 2.24) is 19.7 Å². The van der Waals surface area contributed by atoms with E-state index < -0.39 is 5.25 Å². The van der Waals surface area contributed by atoms with Gasteiger partial charge in [-0.3, -0.25) is 9.59 Å². The highest BCUT2D eigenvalue weighted by atomic mass is 35.5. The molecule has 10 heteroatoms. The van der Waals surface area contributed by atoms with Crippen molar-refractivity contribution < 1.29 is 9.59 Å². The van der Waals surface area contributed by atoms with Crippen molar-refractivity contribution in [3.63, 3.8) is 0 Å². The Hall–Kier alpha value is -2.13. The number of carbonyl (C=O) groups excluding carboxylic acids is 2. The fourth-order valence-corrected chi connectivity index (χ4v) is 3.08. The number of hydrogen-bond acceptors (Lipinski definition) is 6. The summed E-state index contributed by atoms with van der Waals surface area (Å²) in [4.78, 5) is 27.3. The smallest absolute Gasteiger partial charge is 0.238 e. The summed E-state index contributed by atoms with van der Waals surface area (Å²) in [6.07, 6.45) is 2.10. The van der Waals surface area contributed by atoms with Gasteiger partial charge in [0.1, 0.15) is 11.6 Å². The number of amides is 2. The third kappa shape index (κ3) is 5.43. The van der Waals surface area contributed by atoms with Crippen LogP contribution in [0.2, 0.25) is 5.02 Å². The van der Waals surface area contributed by atoms with Crippen LogP contribution in [0.1, 0.15) is 26.1 Å². The van der Waals surface area contributed by atoms with Crippen LogP contribution in [-0.4, -0.2) is 36.8 Å². The predicted octanol–water partition coefficient (Wildman–Crippen LogP) is 1.88. The summed E-state index contributed by atoms with van der Waals surface area (Å²) in [7, 11) is 0. The van der Waals surface area contributed by atoms with E-state index in [1.54, 1.807) is 19.1 Å². The first-order valence-corrected chi connectivity index (χ1v) is 8.96. The minimum absolute atomic E-state index is 0.204. The summed E-state index contributed by atoms with van der Waals surface area (Å²) in [6.45, 7) is 4.35. The Morgan fingerprint density at radius 3 is 2.76 bits per heavy atom. The Kier molecular flexibility index (Phi) is 6.77. The number of anilines is 1. The lowest BCUT2D eigenvalue weighted by molar-refractivity contribution is -0.118. The number of nitrogens with zero attached hydrogens (tertiary/aromatic N) is 4. The van der Waals surface area contributed by atoms with E-state index in [1.165, 1.54) is 18.0 Å². The van der Waals surface area contributed by atoms with E-state index in [-0.39, 0.29) is 18.2 Å². The van der Waals surface area contributed by atoms with Gasteiger partial charge in [-0.1, -0.05) is 23.4 Å². The van der Waals surface area contributed by atoms with E-state index >= 15 is 0 Å². The maximum absolute atomic E-state index is 12.3. The molecule has 2 amide bonds. The fourth-order valence-electron chi connectivity index (χ4n) is 2.03. The van der Waals surface area contributed by atoms with E-state index in [9.17, 15) is 9.59 Å². The highest BCUT2D eigenvalue weighted by molar-refractivity contribution is 8.00. The van der Waals surface area contributed by atoms with Crippen molar-refractivity contribution in [2.45, 2.75) is 43.6 Å². The Balaban J connectivity index is 2.01. The second kappa shape index (κ2) is 8.82. The number of primary amides is 1. The van der Waals surface area contributed by atoms with E-state index in [0.29, 0.717) is 34.8 Å². The van der Waals surface area contributed by atoms with Crippen LogP contribution in [0.25, 0.3) is 0 Å². The van der Waals surface area contributed by atoms with Crippen LogP contribution < -0.4 is 11.1 Å². The van der Waals surface area contributed by atoms with Crippen LogP contribution in [0.15, 0.2) is 23.5 Å². The number of aryl methyl sites for hydroxylation is 1. The molecule has 2 heterocycles. The number of halogens is 1. The summed E-state index contributed by atoms with van der Waals surface area (Å²) in [6, 6.07) is 3.29. The van der Waals surface area contributed by atoms with Crippen LogP contribution >= 0.6 is 23.4 Å².